The van der Waals surface area contributed by atoms with Gasteiger partial charge in [0.25, 0.3) is 0 Å². The van der Waals surface area contributed by atoms with Crippen LogP contribution in [0.25, 0.3) is 11.3 Å². The molecule has 8 heteroatoms. The van der Waals surface area contributed by atoms with E-state index >= 15 is 0 Å². The number of halogens is 2. The third kappa shape index (κ3) is 2.20. The standard InChI is InChI=1S/C12H11F2N3O3/c1-5(2)9-11(20-16-12(9)15)7-3-6(13)4-8(10(7)14)17(18)19/h3-5H,1-2H3,(H2,15,16). The number of aromatic nitrogens is 1. The molecular formula is C12H11F2N3O3. The molecule has 0 fully saturated rings. The number of nitro groups is 1. The van der Waals surface area contributed by atoms with Crippen LogP contribution >= 0.6 is 0 Å². The summed E-state index contributed by atoms with van der Waals surface area (Å²) in [5, 5.41) is 14.2. The van der Waals surface area contributed by atoms with E-state index in [0.29, 0.717) is 11.6 Å². The molecule has 106 valence electrons. The highest BCUT2D eigenvalue weighted by atomic mass is 19.1. The highest BCUT2D eigenvalue weighted by Crippen LogP contribution is 2.37. The first-order valence-corrected chi connectivity index (χ1v) is 5.71. The van der Waals surface area contributed by atoms with E-state index in [1.165, 1.54) is 0 Å². The fraction of sp³-hybridized carbons (Fsp3) is 0.250. The molecule has 2 N–H and O–H groups in total. The van der Waals surface area contributed by atoms with Crippen LogP contribution in [0.1, 0.15) is 25.3 Å². The van der Waals surface area contributed by atoms with Crippen molar-refractivity contribution in [3.63, 3.8) is 0 Å². The average Bonchev–Trinajstić information content (AvgIpc) is 2.73. The maximum absolute atomic E-state index is 14.1. The number of nitrogen functional groups attached to an aromatic ring is 1. The number of anilines is 1. The number of nitro benzene ring substituents is 1. The van der Waals surface area contributed by atoms with E-state index in [0.717, 1.165) is 6.07 Å². The van der Waals surface area contributed by atoms with E-state index < -0.39 is 22.2 Å². The van der Waals surface area contributed by atoms with Gasteiger partial charge in [-0.15, -0.1) is 0 Å². The lowest BCUT2D eigenvalue weighted by Crippen LogP contribution is -1.99. The van der Waals surface area contributed by atoms with Gasteiger partial charge in [-0.2, -0.15) is 4.39 Å². The average molecular weight is 283 g/mol. The Hall–Kier alpha value is -2.51. The van der Waals surface area contributed by atoms with Gasteiger partial charge in [-0.25, -0.2) is 4.39 Å². The first-order chi connectivity index (χ1) is 9.32. The molecule has 0 amide bonds. The van der Waals surface area contributed by atoms with E-state index in [1.54, 1.807) is 13.8 Å². The molecule has 1 aromatic heterocycles. The van der Waals surface area contributed by atoms with Gasteiger partial charge in [0, 0.05) is 5.56 Å². The highest BCUT2D eigenvalue weighted by molar-refractivity contribution is 5.69. The van der Waals surface area contributed by atoms with Crippen molar-refractivity contribution in [1.82, 2.24) is 5.16 Å². The topological polar surface area (TPSA) is 95.2 Å². The van der Waals surface area contributed by atoms with Crippen molar-refractivity contribution >= 4 is 11.5 Å². The zero-order chi connectivity index (χ0) is 15.0. The Morgan fingerprint density at radius 2 is 2.05 bits per heavy atom. The molecule has 0 aliphatic carbocycles. The van der Waals surface area contributed by atoms with Gasteiger partial charge in [0.05, 0.1) is 16.6 Å². The lowest BCUT2D eigenvalue weighted by atomic mass is 9.98. The summed E-state index contributed by atoms with van der Waals surface area (Å²) < 4.78 is 32.4. The Morgan fingerprint density at radius 1 is 1.40 bits per heavy atom. The Bertz CT molecular complexity index is 683. The summed E-state index contributed by atoms with van der Waals surface area (Å²) in [7, 11) is 0. The van der Waals surface area contributed by atoms with Gasteiger partial charge in [-0.05, 0) is 12.0 Å². The van der Waals surface area contributed by atoms with E-state index in [9.17, 15) is 18.9 Å². The molecule has 0 aliphatic rings. The summed E-state index contributed by atoms with van der Waals surface area (Å²) >= 11 is 0. The maximum atomic E-state index is 14.1. The molecule has 1 aromatic carbocycles. The SMILES string of the molecule is CC(C)c1c(N)noc1-c1cc(F)cc([N+](=O)[O-])c1F. The quantitative estimate of drug-likeness (QED) is 0.689. The van der Waals surface area contributed by atoms with Gasteiger partial charge in [0.2, 0.25) is 5.82 Å². The molecule has 0 unspecified atom stereocenters. The van der Waals surface area contributed by atoms with Crippen molar-refractivity contribution in [2.45, 2.75) is 19.8 Å². The van der Waals surface area contributed by atoms with E-state index in [1.807, 2.05) is 0 Å². The molecule has 20 heavy (non-hydrogen) atoms. The van der Waals surface area contributed by atoms with Crippen molar-refractivity contribution in [3.8, 4) is 11.3 Å². The van der Waals surface area contributed by atoms with E-state index in [4.69, 9.17) is 10.3 Å². The Kier molecular flexibility index (Phi) is 3.39. The van der Waals surface area contributed by atoms with Crippen LogP contribution in [0.4, 0.5) is 20.3 Å². The van der Waals surface area contributed by atoms with E-state index in [-0.39, 0.29) is 23.1 Å². The minimum Gasteiger partial charge on any atom is -0.381 e. The van der Waals surface area contributed by atoms with Gasteiger partial charge in [0.15, 0.2) is 11.6 Å². The predicted octanol–water partition coefficient (Wildman–Crippen LogP) is 3.23. The number of hydrogen-bond donors (Lipinski definition) is 1. The second-order valence-corrected chi connectivity index (χ2v) is 4.51. The molecule has 0 bridgehead atoms. The lowest BCUT2D eigenvalue weighted by Gasteiger charge is -2.06. The normalized spacial score (nSPS) is 11.1. The predicted molar refractivity (Wildman–Crippen MR) is 67.0 cm³/mol. The zero-order valence-corrected chi connectivity index (χ0v) is 10.7. The molecule has 2 rings (SSSR count). The molecule has 6 nitrogen and oxygen atoms in total. The molecule has 0 saturated heterocycles. The maximum Gasteiger partial charge on any atom is 0.308 e. The van der Waals surface area contributed by atoms with Crippen molar-refractivity contribution in [3.05, 3.63) is 39.4 Å². The van der Waals surface area contributed by atoms with E-state index in [2.05, 4.69) is 5.16 Å². The molecule has 0 aliphatic heterocycles. The Morgan fingerprint density at radius 3 is 2.60 bits per heavy atom. The number of nitrogens with two attached hydrogens (primary N) is 1. The number of rotatable bonds is 3. The molecule has 0 atom stereocenters. The summed E-state index contributed by atoms with van der Waals surface area (Å²) in [5.41, 5.74) is 4.65. The summed E-state index contributed by atoms with van der Waals surface area (Å²) in [4.78, 5) is 9.71. The second-order valence-electron chi connectivity index (χ2n) is 4.51. The zero-order valence-electron chi connectivity index (χ0n) is 10.7. The molecular weight excluding hydrogens is 272 g/mol. The van der Waals surface area contributed by atoms with Crippen LogP contribution in [-0.2, 0) is 0 Å². The molecule has 0 saturated carbocycles. The lowest BCUT2D eigenvalue weighted by molar-refractivity contribution is -0.387. The van der Waals surface area contributed by atoms with Crippen LogP contribution in [0.3, 0.4) is 0 Å². The van der Waals surface area contributed by atoms with Gasteiger partial charge >= 0.3 is 5.69 Å². The Labute approximate surface area is 112 Å². The fourth-order valence-electron chi connectivity index (χ4n) is 1.93. The van der Waals surface area contributed by atoms with Crippen LogP contribution in [0.15, 0.2) is 16.7 Å². The smallest absolute Gasteiger partial charge is 0.308 e. The number of benzene rings is 1. The summed E-state index contributed by atoms with van der Waals surface area (Å²) in [6, 6.07) is 1.32. The molecule has 2 aromatic rings. The van der Waals surface area contributed by atoms with Crippen LogP contribution in [0.2, 0.25) is 0 Å². The molecule has 1 heterocycles. The summed E-state index contributed by atoms with van der Waals surface area (Å²) in [6.45, 7) is 3.52. The first kappa shape index (κ1) is 13.9. The number of nitrogens with zero attached hydrogens (tertiary/aromatic N) is 2. The van der Waals surface area contributed by atoms with Gasteiger partial charge in [-0.3, -0.25) is 10.1 Å². The minimum atomic E-state index is -1.19. The Balaban J connectivity index is 2.74. The fourth-order valence-corrected chi connectivity index (χ4v) is 1.93. The van der Waals surface area contributed by atoms with Crippen LogP contribution in [0.5, 0.6) is 0 Å². The van der Waals surface area contributed by atoms with Crippen LogP contribution in [0, 0.1) is 21.7 Å². The van der Waals surface area contributed by atoms with Crippen molar-refractivity contribution in [2.24, 2.45) is 0 Å². The number of hydrogen-bond acceptors (Lipinski definition) is 5. The molecule has 0 radical (unpaired) electrons. The first-order valence-electron chi connectivity index (χ1n) is 5.71. The minimum absolute atomic E-state index is 0.0429. The van der Waals surface area contributed by atoms with Gasteiger partial charge < -0.3 is 10.3 Å². The van der Waals surface area contributed by atoms with Gasteiger partial charge in [0.1, 0.15) is 5.82 Å². The largest absolute Gasteiger partial charge is 0.381 e. The van der Waals surface area contributed by atoms with Crippen molar-refractivity contribution in [1.29, 1.82) is 0 Å². The highest BCUT2D eigenvalue weighted by Gasteiger charge is 2.27. The monoisotopic (exact) mass is 283 g/mol. The third-order valence-electron chi connectivity index (χ3n) is 2.79. The van der Waals surface area contributed by atoms with Crippen molar-refractivity contribution < 1.29 is 18.2 Å². The van der Waals surface area contributed by atoms with Crippen LogP contribution < -0.4 is 5.73 Å². The van der Waals surface area contributed by atoms with Gasteiger partial charge in [-0.1, -0.05) is 19.0 Å². The summed E-state index contributed by atoms with van der Waals surface area (Å²) in [6.07, 6.45) is 0. The second kappa shape index (κ2) is 4.87. The van der Waals surface area contributed by atoms with Crippen LogP contribution in [-0.4, -0.2) is 10.1 Å². The van der Waals surface area contributed by atoms with Crippen molar-refractivity contribution in [2.75, 3.05) is 5.73 Å². The molecule has 0 spiro atoms. The third-order valence-corrected chi connectivity index (χ3v) is 2.79. The summed E-state index contributed by atoms with van der Waals surface area (Å²) in [5.74, 6) is -2.36.